The summed E-state index contributed by atoms with van der Waals surface area (Å²) in [5.41, 5.74) is 3.19. The number of aryl methyl sites for hydroxylation is 1. The van der Waals surface area contributed by atoms with Crippen molar-refractivity contribution in [3.05, 3.63) is 34.0 Å². The first kappa shape index (κ1) is 16.3. The Labute approximate surface area is 158 Å². The number of nitriles is 1. The number of aromatic nitrogens is 3. The third-order valence-electron chi connectivity index (χ3n) is 6.78. The van der Waals surface area contributed by atoms with Gasteiger partial charge in [0.2, 0.25) is 0 Å². The molecule has 0 spiro atoms. The molecule has 0 saturated heterocycles. The standard InChI is InChI=1S/C21H24N4S/c1-2-25-18(3-4-23-25)8-17(12-22)20-24-19(13-26-20)21-9-14-5-15(10-21)7-16(6-14)11-21/h3-4,8,13-16H,2,5-7,9-11H2,1H3. The second-order valence-electron chi connectivity index (χ2n) is 8.48. The third-order valence-corrected chi connectivity index (χ3v) is 7.65. The molecule has 4 fully saturated rings. The van der Waals surface area contributed by atoms with Gasteiger partial charge in [-0.15, -0.1) is 11.3 Å². The largest absolute Gasteiger partial charge is 0.266 e. The van der Waals surface area contributed by atoms with E-state index in [1.165, 1.54) is 44.2 Å². The van der Waals surface area contributed by atoms with E-state index in [4.69, 9.17) is 4.98 Å². The van der Waals surface area contributed by atoms with Crippen LogP contribution in [0, 0.1) is 29.1 Å². The highest BCUT2D eigenvalue weighted by Gasteiger charge is 2.52. The summed E-state index contributed by atoms with van der Waals surface area (Å²) >= 11 is 1.63. The maximum absolute atomic E-state index is 9.70. The van der Waals surface area contributed by atoms with Crippen molar-refractivity contribution < 1.29 is 0 Å². The second-order valence-corrected chi connectivity index (χ2v) is 9.34. The van der Waals surface area contributed by atoms with Gasteiger partial charge in [-0.2, -0.15) is 10.4 Å². The third kappa shape index (κ3) is 2.54. The summed E-state index contributed by atoms with van der Waals surface area (Å²) in [7, 11) is 0. The number of allylic oxidation sites excluding steroid dienone is 1. The van der Waals surface area contributed by atoms with Gasteiger partial charge in [0.15, 0.2) is 0 Å². The Morgan fingerprint density at radius 1 is 1.31 bits per heavy atom. The van der Waals surface area contributed by atoms with Gasteiger partial charge in [0.25, 0.3) is 0 Å². The summed E-state index contributed by atoms with van der Waals surface area (Å²) in [6, 6.07) is 4.32. The van der Waals surface area contributed by atoms with Crippen molar-refractivity contribution in [3.8, 4) is 6.07 Å². The molecule has 4 nitrogen and oxygen atoms in total. The molecule has 0 radical (unpaired) electrons. The van der Waals surface area contributed by atoms with Gasteiger partial charge in [-0.3, -0.25) is 4.68 Å². The summed E-state index contributed by atoms with van der Waals surface area (Å²) in [5.74, 6) is 2.74. The zero-order chi connectivity index (χ0) is 17.7. The summed E-state index contributed by atoms with van der Waals surface area (Å²) < 4.78 is 1.91. The molecule has 2 aromatic heterocycles. The number of hydrogen-bond donors (Lipinski definition) is 0. The molecule has 0 unspecified atom stereocenters. The average molecular weight is 365 g/mol. The van der Waals surface area contributed by atoms with Crippen molar-refractivity contribution in [2.24, 2.45) is 17.8 Å². The smallest absolute Gasteiger partial charge is 0.134 e. The molecule has 0 aliphatic heterocycles. The molecular formula is C21H24N4S. The van der Waals surface area contributed by atoms with Crippen LogP contribution in [-0.2, 0) is 12.0 Å². The fraction of sp³-hybridized carbons (Fsp3) is 0.571. The molecule has 5 heteroatoms. The van der Waals surface area contributed by atoms with E-state index in [1.807, 2.05) is 16.8 Å². The van der Waals surface area contributed by atoms with Gasteiger partial charge in [-0.05, 0) is 75.3 Å². The van der Waals surface area contributed by atoms with Gasteiger partial charge in [0, 0.05) is 23.5 Å². The van der Waals surface area contributed by atoms with Crippen molar-refractivity contribution in [1.82, 2.24) is 14.8 Å². The zero-order valence-electron chi connectivity index (χ0n) is 15.2. The predicted molar refractivity (Wildman–Crippen MR) is 103 cm³/mol. The van der Waals surface area contributed by atoms with Gasteiger partial charge < -0.3 is 0 Å². The van der Waals surface area contributed by atoms with Crippen LogP contribution in [0.2, 0.25) is 0 Å². The Morgan fingerprint density at radius 2 is 2.00 bits per heavy atom. The van der Waals surface area contributed by atoms with Crippen LogP contribution >= 0.6 is 11.3 Å². The molecule has 0 amide bonds. The van der Waals surface area contributed by atoms with E-state index < -0.39 is 0 Å². The predicted octanol–water partition coefficient (Wildman–Crippen LogP) is 4.89. The van der Waals surface area contributed by atoms with E-state index in [1.54, 1.807) is 17.5 Å². The number of nitrogens with zero attached hydrogens (tertiary/aromatic N) is 4. The molecule has 0 atom stereocenters. The van der Waals surface area contributed by atoms with E-state index >= 15 is 0 Å². The van der Waals surface area contributed by atoms with Crippen LogP contribution < -0.4 is 0 Å². The Kier molecular flexibility index (Phi) is 3.79. The number of thiazole rings is 1. The Bertz CT molecular complexity index is 862. The van der Waals surface area contributed by atoms with Crippen LogP contribution in [0.1, 0.15) is 61.8 Å². The van der Waals surface area contributed by atoms with Crippen LogP contribution in [0.3, 0.4) is 0 Å². The summed E-state index contributed by atoms with van der Waals surface area (Å²) in [4.78, 5) is 5.01. The summed E-state index contributed by atoms with van der Waals surface area (Å²) in [6.45, 7) is 2.86. The molecule has 2 aromatic rings. The van der Waals surface area contributed by atoms with Crippen LogP contribution in [0.25, 0.3) is 11.6 Å². The highest BCUT2D eigenvalue weighted by Crippen LogP contribution is 2.60. The van der Waals surface area contributed by atoms with Gasteiger partial charge in [-0.1, -0.05) is 0 Å². The van der Waals surface area contributed by atoms with Crippen LogP contribution in [-0.4, -0.2) is 14.8 Å². The second kappa shape index (κ2) is 6.06. The highest BCUT2D eigenvalue weighted by molar-refractivity contribution is 7.11. The molecule has 6 rings (SSSR count). The van der Waals surface area contributed by atoms with Crippen molar-refractivity contribution in [1.29, 1.82) is 5.26 Å². The van der Waals surface area contributed by atoms with E-state index in [0.29, 0.717) is 11.0 Å². The Balaban J connectivity index is 1.47. The lowest BCUT2D eigenvalue weighted by Gasteiger charge is -2.56. The normalized spacial score (nSPS) is 32.8. The maximum Gasteiger partial charge on any atom is 0.134 e. The van der Waals surface area contributed by atoms with E-state index in [2.05, 4.69) is 23.5 Å². The zero-order valence-corrected chi connectivity index (χ0v) is 16.0. The minimum absolute atomic E-state index is 0.301. The minimum Gasteiger partial charge on any atom is -0.266 e. The first-order chi connectivity index (χ1) is 12.7. The van der Waals surface area contributed by atoms with Gasteiger partial charge in [0.1, 0.15) is 11.1 Å². The Hall–Kier alpha value is -1.93. The quantitative estimate of drug-likeness (QED) is 0.726. The molecule has 2 heterocycles. The SMILES string of the molecule is CCn1nccc1C=C(C#N)c1nc(C23CC4CC(CC(C4)C2)C3)cs1. The van der Waals surface area contributed by atoms with E-state index in [0.717, 1.165) is 35.0 Å². The molecule has 134 valence electrons. The maximum atomic E-state index is 9.70. The van der Waals surface area contributed by atoms with Crippen molar-refractivity contribution in [2.75, 3.05) is 0 Å². The van der Waals surface area contributed by atoms with Crippen LogP contribution in [0.4, 0.5) is 0 Å². The van der Waals surface area contributed by atoms with Crippen LogP contribution in [0.5, 0.6) is 0 Å². The highest BCUT2D eigenvalue weighted by atomic mass is 32.1. The van der Waals surface area contributed by atoms with Crippen LogP contribution in [0.15, 0.2) is 17.6 Å². The van der Waals surface area contributed by atoms with Gasteiger partial charge in [0.05, 0.1) is 17.0 Å². The molecular weight excluding hydrogens is 340 g/mol. The summed E-state index contributed by atoms with van der Waals surface area (Å²) in [5, 5.41) is 17.1. The number of rotatable bonds is 4. The fourth-order valence-electron chi connectivity index (χ4n) is 6.08. The topological polar surface area (TPSA) is 54.5 Å². The van der Waals surface area contributed by atoms with E-state index in [9.17, 15) is 5.26 Å². The first-order valence-electron chi connectivity index (χ1n) is 9.79. The molecule has 0 N–H and O–H groups in total. The molecule has 4 saturated carbocycles. The minimum atomic E-state index is 0.301. The first-order valence-corrected chi connectivity index (χ1v) is 10.7. The number of hydrogen-bond acceptors (Lipinski definition) is 4. The van der Waals surface area contributed by atoms with E-state index in [-0.39, 0.29) is 0 Å². The lowest BCUT2D eigenvalue weighted by molar-refractivity contribution is -0.00694. The summed E-state index contributed by atoms with van der Waals surface area (Å²) in [6.07, 6.45) is 12.0. The Morgan fingerprint density at radius 3 is 2.62 bits per heavy atom. The molecule has 4 aliphatic rings. The monoisotopic (exact) mass is 364 g/mol. The lowest BCUT2D eigenvalue weighted by Crippen LogP contribution is -2.48. The van der Waals surface area contributed by atoms with Gasteiger partial charge >= 0.3 is 0 Å². The van der Waals surface area contributed by atoms with Crippen molar-refractivity contribution in [2.45, 2.75) is 57.4 Å². The average Bonchev–Trinajstić information content (AvgIpc) is 3.28. The van der Waals surface area contributed by atoms with Crippen molar-refractivity contribution >= 4 is 23.0 Å². The lowest BCUT2D eigenvalue weighted by atomic mass is 9.49. The van der Waals surface area contributed by atoms with Crippen molar-refractivity contribution in [3.63, 3.8) is 0 Å². The van der Waals surface area contributed by atoms with Gasteiger partial charge in [-0.25, -0.2) is 4.98 Å². The molecule has 0 aromatic carbocycles. The molecule has 4 bridgehead atoms. The molecule has 4 aliphatic carbocycles. The fourth-order valence-corrected chi connectivity index (χ4v) is 6.99. The molecule has 26 heavy (non-hydrogen) atoms.